The number of morpholine rings is 1. The Morgan fingerprint density at radius 2 is 1.96 bits per heavy atom. The van der Waals surface area contributed by atoms with Crippen molar-refractivity contribution in [2.45, 2.75) is 37.6 Å². The Labute approximate surface area is 157 Å². The zero-order valence-corrected chi connectivity index (χ0v) is 15.7. The standard InChI is InChI=1S/C20H24N4OS/c1-3-16(24-5-7-25-8-6-24)4-2-14(1)15-9-17-18(19-12-26-13-23-19)11-22-20(17)21-10-15/h9-14,16H,1-8H2,(H,21,22)/t14-,16-. The predicted molar refractivity (Wildman–Crippen MR) is 105 cm³/mol. The van der Waals surface area contributed by atoms with Gasteiger partial charge in [0, 0.05) is 47.9 Å². The van der Waals surface area contributed by atoms with Gasteiger partial charge in [-0.25, -0.2) is 9.97 Å². The second-order valence-electron chi connectivity index (χ2n) is 7.39. The number of H-pyrrole nitrogens is 1. The molecule has 136 valence electrons. The first kappa shape index (κ1) is 16.4. The van der Waals surface area contributed by atoms with Crippen molar-refractivity contribution in [1.29, 1.82) is 0 Å². The third-order valence-corrected chi connectivity index (χ3v) is 6.58. The van der Waals surface area contributed by atoms with Crippen LogP contribution in [0.25, 0.3) is 22.3 Å². The van der Waals surface area contributed by atoms with Gasteiger partial charge in [0.2, 0.25) is 0 Å². The fourth-order valence-corrected chi connectivity index (χ4v) is 5.07. The first-order valence-corrected chi connectivity index (χ1v) is 10.5. The molecule has 5 rings (SSSR count). The van der Waals surface area contributed by atoms with Crippen LogP contribution < -0.4 is 0 Å². The third-order valence-electron chi connectivity index (χ3n) is 5.99. The maximum absolute atomic E-state index is 5.50. The Balaban J connectivity index is 1.34. The molecule has 1 aliphatic heterocycles. The number of nitrogens with one attached hydrogen (secondary N) is 1. The van der Waals surface area contributed by atoms with Crippen molar-refractivity contribution in [2.24, 2.45) is 0 Å². The van der Waals surface area contributed by atoms with Gasteiger partial charge in [-0.1, -0.05) is 0 Å². The summed E-state index contributed by atoms with van der Waals surface area (Å²) in [5, 5.41) is 3.30. The lowest BCUT2D eigenvalue weighted by atomic mass is 9.81. The molecule has 0 atom stereocenters. The molecule has 3 aromatic heterocycles. The van der Waals surface area contributed by atoms with Crippen LogP contribution in [0.4, 0.5) is 0 Å². The summed E-state index contributed by atoms with van der Waals surface area (Å²) >= 11 is 1.63. The van der Waals surface area contributed by atoms with Gasteiger partial charge >= 0.3 is 0 Å². The van der Waals surface area contributed by atoms with E-state index in [9.17, 15) is 0 Å². The smallest absolute Gasteiger partial charge is 0.137 e. The van der Waals surface area contributed by atoms with E-state index in [-0.39, 0.29) is 0 Å². The first-order chi connectivity index (χ1) is 12.9. The molecule has 0 radical (unpaired) electrons. The van der Waals surface area contributed by atoms with Gasteiger partial charge in [-0.15, -0.1) is 11.3 Å². The highest BCUT2D eigenvalue weighted by Crippen LogP contribution is 2.37. The van der Waals surface area contributed by atoms with Crippen molar-refractivity contribution in [3.8, 4) is 11.3 Å². The van der Waals surface area contributed by atoms with Crippen LogP contribution in [0, 0.1) is 0 Å². The molecule has 0 spiro atoms. The van der Waals surface area contributed by atoms with Gasteiger partial charge in [-0.05, 0) is 43.2 Å². The van der Waals surface area contributed by atoms with E-state index < -0.39 is 0 Å². The minimum atomic E-state index is 0.627. The zero-order valence-electron chi connectivity index (χ0n) is 14.9. The van der Waals surface area contributed by atoms with Crippen LogP contribution in [0.1, 0.15) is 37.2 Å². The summed E-state index contributed by atoms with van der Waals surface area (Å²) < 4.78 is 5.50. The average molecular weight is 369 g/mol. The average Bonchev–Trinajstić information content (AvgIpc) is 3.38. The molecule has 0 unspecified atom stereocenters. The van der Waals surface area contributed by atoms with E-state index in [4.69, 9.17) is 4.74 Å². The number of nitrogens with zero attached hydrogens (tertiary/aromatic N) is 3. The molecule has 3 aromatic rings. The summed E-state index contributed by atoms with van der Waals surface area (Å²) in [7, 11) is 0. The second-order valence-corrected chi connectivity index (χ2v) is 8.11. The molecule has 1 saturated heterocycles. The zero-order chi connectivity index (χ0) is 17.3. The maximum Gasteiger partial charge on any atom is 0.137 e. The molecule has 0 amide bonds. The molecular formula is C20H24N4OS. The van der Waals surface area contributed by atoms with Gasteiger partial charge in [-0.3, -0.25) is 4.90 Å². The van der Waals surface area contributed by atoms with E-state index in [1.807, 2.05) is 11.7 Å². The van der Waals surface area contributed by atoms with E-state index in [2.05, 4.69) is 37.5 Å². The molecule has 0 aromatic carbocycles. The summed E-state index contributed by atoms with van der Waals surface area (Å²) in [6.07, 6.45) is 9.19. The van der Waals surface area contributed by atoms with Crippen molar-refractivity contribution < 1.29 is 4.74 Å². The summed E-state index contributed by atoms with van der Waals surface area (Å²) in [5.41, 5.74) is 6.43. The Morgan fingerprint density at radius 3 is 2.73 bits per heavy atom. The van der Waals surface area contributed by atoms with Gasteiger partial charge in [0.25, 0.3) is 0 Å². The quantitative estimate of drug-likeness (QED) is 0.758. The topological polar surface area (TPSA) is 54.0 Å². The highest BCUT2D eigenvalue weighted by atomic mass is 32.1. The van der Waals surface area contributed by atoms with Gasteiger partial charge in [0.05, 0.1) is 24.4 Å². The number of ether oxygens (including phenoxy) is 1. The molecular weight excluding hydrogens is 344 g/mol. The monoisotopic (exact) mass is 368 g/mol. The Morgan fingerprint density at radius 1 is 1.12 bits per heavy atom. The van der Waals surface area contributed by atoms with Gasteiger partial charge in [0.15, 0.2) is 0 Å². The number of hydrogen-bond acceptors (Lipinski definition) is 5. The molecule has 1 N–H and O–H groups in total. The molecule has 0 bridgehead atoms. The summed E-state index contributed by atoms with van der Waals surface area (Å²) in [5.74, 6) is 0.627. The van der Waals surface area contributed by atoms with Crippen LogP contribution in [0.5, 0.6) is 0 Å². The number of aromatic amines is 1. The highest BCUT2D eigenvalue weighted by molar-refractivity contribution is 7.07. The Kier molecular flexibility index (Phi) is 4.48. The van der Waals surface area contributed by atoms with Gasteiger partial charge in [0.1, 0.15) is 5.65 Å². The predicted octanol–water partition coefficient (Wildman–Crippen LogP) is 4.04. The van der Waals surface area contributed by atoms with E-state index in [1.165, 1.54) is 36.6 Å². The van der Waals surface area contributed by atoms with Crippen LogP contribution in [0.3, 0.4) is 0 Å². The van der Waals surface area contributed by atoms with Gasteiger partial charge in [-0.2, -0.15) is 0 Å². The second kappa shape index (κ2) is 7.10. The van der Waals surface area contributed by atoms with Crippen LogP contribution in [0.2, 0.25) is 0 Å². The normalized spacial score (nSPS) is 24.9. The van der Waals surface area contributed by atoms with Crippen LogP contribution in [-0.4, -0.2) is 52.2 Å². The van der Waals surface area contributed by atoms with Crippen molar-refractivity contribution in [3.63, 3.8) is 0 Å². The molecule has 26 heavy (non-hydrogen) atoms. The number of hydrogen-bond donors (Lipinski definition) is 1. The first-order valence-electron chi connectivity index (χ1n) is 9.56. The van der Waals surface area contributed by atoms with Crippen LogP contribution in [0.15, 0.2) is 29.4 Å². The molecule has 2 aliphatic rings. The highest BCUT2D eigenvalue weighted by Gasteiger charge is 2.28. The lowest BCUT2D eigenvalue weighted by molar-refractivity contribution is 0.00729. The van der Waals surface area contributed by atoms with Crippen LogP contribution >= 0.6 is 11.3 Å². The molecule has 6 heteroatoms. The summed E-state index contributed by atoms with van der Waals surface area (Å²) in [4.78, 5) is 15.1. The Hall–Kier alpha value is -1.76. The van der Waals surface area contributed by atoms with Crippen LogP contribution in [-0.2, 0) is 4.74 Å². The number of fused-ring (bicyclic) bond motifs is 1. The van der Waals surface area contributed by atoms with E-state index >= 15 is 0 Å². The number of thiazole rings is 1. The maximum atomic E-state index is 5.50. The molecule has 1 saturated carbocycles. The summed E-state index contributed by atoms with van der Waals surface area (Å²) in [6, 6.07) is 3.08. The molecule has 4 heterocycles. The molecule has 1 aliphatic carbocycles. The minimum Gasteiger partial charge on any atom is -0.379 e. The fraction of sp³-hybridized carbons (Fsp3) is 0.500. The third kappa shape index (κ3) is 3.06. The number of aromatic nitrogens is 3. The van der Waals surface area contributed by atoms with Crippen molar-refractivity contribution >= 4 is 22.4 Å². The van der Waals surface area contributed by atoms with E-state index in [0.29, 0.717) is 5.92 Å². The minimum absolute atomic E-state index is 0.627. The number of pyridine rings is 1. The lowest BCUT2D eigenvalue weighted by Crippen LogP contribution is -2.44. The van der Waals surface area contributed by atoms with Crippen molar-refractivity contribution in [2.75, 3.05) is 26.3 Å². The lowest BCUT2D eigenvalue weighted by Gasteiger charge is -2.38. The summed E-state index contributed by atoms with van der Waals surface area (Å²) in [6.45, 7) is 3.99. The van der Waals surface area contributed by atoms with Crippen molar-refractivity contribution in [3.05, 3.63) is 34.9 Å². The largest absolute Gasteiger partial charge is 0.379 e. The SMILES string of the molecule is c1nc(-c2c[nH]c3ncc([C@H]4CC[C@H](N5CCOCC5)CC4)cc23)cs1. The van der Waals surface area contributed by atoms with E-state index in [1.54, 1.807) is 11.3 Å². The van der Waals surface area contributed by atoms with Gasteiger partial charge < -0.3 is 9.72 Å². The van der Waals surface area contributed by atoms with E-state index in [0.717, 1.165) is 49.2 Å². The molecule has 5 nitrogen and oxygen atoms in total. The van der Waals surface area contributed by atoms with Crippen molar-refractivity contribution in [1.82, 2.24) is 19.9 Å². The molecule has 2 fully saturated rings. The Bertz CT molecular complexity index is 861. The number of rotatable bonds is 3. The fourth-order valence-electron chi connectivity index (χ4n) is 4.52.